The molecule has 0 fully saturated rings. The van der Waals surface area contributed by atoms with Gasteiger partial charge in [-0.3, -0.25) is 0 Å². The molecule has 5 nitrogen and oxygen atoms in total. The van der Waals surface area contributed by atoms with Crippen molar-refractivity contribution < 1.29 is 19.8 Å². The van der Waals surface area contributed by atoms with Crippen molar-refractivity contribution in [2.75, 3.05) is 0 Å². The Labute approximate surface area is 93.0 Å². The lowest BCUT2D eigenvalue weighted by molar-refractivity contribution is -0.144. The summed E-state index contributed by atoms with van der Waals surface area (Å²) in [6, 6.07) is 6.64. The zero-order valence-electron chi connectivity index (χ0n) is 9.04. The van der Waals surface area contributed by atoms with Crippen molar-refractivity contribution in [3.63, 3.8) is 0 Å². The molecule has 0 aromatic heterocycles. The van der Waals surface area contributed by atoms with Crippen molar-refractivity contribution in [2.24, 2.45) is 5.16 Å². The van der Waals surface area contributed by atoms with Crippen LogP contribution in [-0.4, -0.2) is 28.1 Å². The third-order valence-corrected chi connectivity index (χ3v) is 2.08. The Bertz CT molecular complexity index is 397. The predicted octanol–water partition coefficient (Wildman–Crippen LogP) is 1.74. The van der Waals surface area contributed by atoms with E-state index in [1.54, 1.807) is 31.2 Å². The average molecular weight is 223 g/mol. The Balaban J connectivity index is 2.76. The molecule has 0 heterocycles. The first-order valence-corrected chi connectivity index (χ1v) is 4.73. The Morgan fingerprint density at radius 2 is 1.94 bits per heavy atom. The zero-order valence-corrected chi connectivity index (χ0v) is 9.04. The topological polar surface area (TPSA) is 79.1 Å². The molecule has 1 aromatic rings. The van der Waals surface area contributed by atoms with Crippen LogP contribution in [0.3, 0.4) is 0 Å². The number of carboxylic acids is 1. The number of hydrogen-bond acceptors (Lipinski definition) is 4. The van der Waals surface area contributed by atoms with Gasteiger partial charge in [-0.2, -0.15) is 0 Å². The van der Waals surface area contributed by atoms with Gasteiger partial charge in [0.25, 0.3) is 0 Å². The molecule has 0 aliphatic carbocycles. The van der Waals surface area contributed by atoms with Crippen LogP contribution in [0.2, 0.25) is 0 Å². The van der Waals surface area contributed by atoms with E-state index in [1.165, 1.54) is 6.92 Å². The number of benzene rings is 1. The predicted molar refractivity (Wildman–Crippen MR) is 58.2 cm³/mol. The maximum absolute atomic E-state index is 10.5. The fourth-order valence-electron chi connectivity index (χ4n) is 1.09. The van der Waals surface area contributed by atoms with E-state index >= 15 is 0 Å². The van der Waals surface area contributed by atoms with E-state index in [2.05, 4.69) is 5.16 Å². The van der Waals surface area contributed by atoms with Crippen LogP contribution >= 0.6 is 0 Å². The molecule has 2 N–H and O–H groups in total. The smallest absolute Gasteiger partial charge is 0.344 e. The summed E-state index contributed by atoms with van der Waals surface area (Å²) in [7, 11) is 0. The van der Waals surface area contributed by atoms with Gasteiger partial charge in [-0.05, 0) is 43.7 Å². The van der Waals surface area contributed by atoms with E-state index in [9.17, 15) is 4.79 Å². The largest absolute Gasteiger partial charge is 0.479 e. The second-order valence-electron chi connectivity index (χ2n) is 3.31. The van der Waals surface area contributed by atoms with E-state index in [4.69, 9.17) is 15.1 Å². The van der Waals surface area contributed by atoms with Crippen molar-refractivity contribution in [1.82, 2.24) is 0 Å². The highest BCUT2D eigenvalue weighted by molar-refractivity contribution is 5.98. The maximum atomic E-state index is 10.5. The van der Waals surface area contributed by atoms with Crippen molar-refractivity contribution >= 4 is 11.7 Å². The minimum atomic E-state index is -1.02. The molecule has 0 amide bonds. The normalized spacial score (nSPS) is 13.2. The molecule has 1 unspecified atom stereocenters. The molecular formula is C11H13NO4. The summed E-state index contributed by atoms with van der Waals surface area (Å²) in [5.74, 6) is -0.554. The van der Waals surface area contributed by atoms with Crippen LogP contribution in [-0.2, 0) is 4.79 Å². The SMILES string of the molecule is C/C(=N\O)c1ccc(OC(C)C(=O)O)cc1. The van der Waals surface area contributed by atoms with Gasteiger partial charge in [0, 0.05) is 0 Å². The lowest BCUT2D eigenvalue weighted by atomic mass is 10.1. The van der Waals surface area contributed by atoms with Gasteiger partial charge in [-0.15, -0.1) is 0 Å². The first-order valence-electron chi connectivity index (χ1n) is 4.73. The van der Waals surface area contributed by atoms with E-state index in [1.807, 2.05) is 0 Å². The lowest BCUT2D eigenvalue weighted by Gasteiger charge is -2.10. The monoisotopic (exact) mass is 223 g/mol. The van der Waals surface area contributed by atoms with E-state index in [0.29, 0.717) is 11.5 Å². The van der Waals surface area contributed by atoms with Crippen molar-refractivity contribution in [3.05, 3.63) is 29.8 Å². The third kappa shape index (κ3) is 2.98. The Hall–Kier alpha value is -2.04. The Morgan fingerprint density at radius 3 is 2.38 bits per heavy atom. The number of rotatable bonds is 4. The molecule has 0 bridgehead atoms. The highest BCUT2D eigenvalue weighted by Gasteiger charge is 2.12. The lowest BCUT2D eigenvalue weighted by Crippen LogP contribution is -2.22. The van der Waals surface area contributed by atoms with Crippen LogP contribution < -0.4 is 4.74 Å². The van der Waals surface area contributed by atoms with Gasteiger partial charge in [0.2, 0.25) is 0 Å². The van der Waals surface area contributed by atoms with Gasteiger partial charge < -0.3 is 15.1 Å². The number of carboxylic acid groups (broad SMARTS) is 1. The molecule has 0 radical (unpaired) electrons. The molecule has 1 atom stereocenters. The number of ether oxygens (including phenoxy) is 1. The molecule has 0 aliphatic rings. The summed E-state index contributed by atoms with van der Waals surface area (Å²) in [4.78, 5) is 10.5. The molecule has 0 saturated heterocycles. The number of oxime groups is 1. The summed E-state index contributed by atoms with van der Waals surface area (Å²) in [5.41, 5.74) is 1.23. The van der Waals surface area contributed by atoms with Crippen LogP contribution in [0.4, 0.5) is 0 Å². The third-order valence-electron chi connectivity index (χ3n) is 2.08. The molecule has 86 valence electrons. The molecule has 0 spiro atoms. The van der Waals surface area contributed by atoms with Crippen molar-refractivity contribution in [2.45, 2.75) is 20.0 Å². The highest BCUT2D eigenvalue weighted by Crippen LogP contribution is 2.14. The minimum absolute atomic E-state index is 0.462. The molecule has 0 saturated carbocycles. The second kappa shape index (κ2) is 5.16. The summed E-state index contributed by atoms with van der Waals surface area (Å²) in [6.45, 7) is 3.12. The average Bonchev–Trinajstić information content (AvgIpc) is 2.28. The summed E-state index contributed by atoms with van der Waals surface area (Å²) >= 11 is 0. The fourth-order valence-corrected chi connectivity index (χ4v) is 1.09. The number of nitrogens with zero attached hydrogens (tertiary/aromatic N) is 1. The van der Waals surface area contributed by atoms with Gasteiger partial charge in [-0.1, -0.05) is 5.16 Å². The fraction of sp³-hybridized carbons (Fsp3) is 0.273. The van der Waals surface area contributed by atoms with Crippen molar-refractivity contribution in [3.8, 4) is 5.75 Å². The van der Waals surface area contributed by atoms with Crippen LogP contribution in [0, 0.1) is 0 Å². The Morgan fingerprint density at radius 1 is 1.38 bits per heavy atom. The van der Waals surface area contributed by atoms with Gasteiger partial charge in [0.15, 0.2) is 6.10 Å². The van der Waals surface area contributed by atoms with Gasteiger partial charge in [0.05, 0.1) is 5.71 Å². The van der Waals surface area contributed by atoms with Gasteiger partial charge >= 0.3 is 5.97 Å². The molecule has 1 rings (SSSR count). The maximum Gasteiger partial charge on any atom is 0.344 e. The van der Waals surface area contributed by atoms with Crippen molar-refractivity contribution in [1.29, 1.82) is 0 Å². The van der Waals surface area contributed by atoms with Gasteiger partial charge in [0.1, 0.15) is 5.75 Å². The van der Waals surface area contributed by atoms with E-state index in [-0.39, 0.29) is 0 Å². The van der Waals surface area contributed by atoms with Crippen LogP contribution in [0.5, 0.6) is 5.75 Å². The van der Waals surface area contributed by atoms with Crippen LogP contribution in [0.15, 0.2) is 29.4 Å². The van der Waals surface area contributed by atoms with Gasteiger partial charge in [-0.25, -0.2) is 4.79 Å². The molecule has 0 aliphatic heterocycles. The standard InChI is InChI=1S/C11H13NO4/c1-7(12-15)9-3-5-10(6-4-9)16-8(2)11(13)14/h3-6,8,15H,1-2H3,(H,13,14)/b12-7+. The molecular weight excluding hydrogens is 210 g/mol. The Kier molecular flexibility index (Phi) is 3.88. The van der Waals surface area contributed by atoms with E-state index in [0.717, 1.165) is 5.56 Å². The van der Waals surface area contributed by atoms with Crippen LogP contribution in [0.1, 0.15) is 19.4 Å². The molecule has 16 heavy (non-hydrogen) atoms. The molecule has 5 heteroatoms. The summed E-state index contributed by atoms with van der Waals surface area (Å²) in [5, 5.41) is 20.3. The van der Waals surface area contributed by atoms with Crippen LogP contribution in [0.25, 0.3) is 0 Å². The number of carbonyl (C=O) groups is 1. The minimum Gasteiger partial charge on any atom is -0.479 e. The quantitative estimate of drug-likeness (QED) is 0.463. The number of hydrogen-bond donors (Lipinski definition) is 2. The molecule has 1 aromatic carbocycles. The summed E-state index contributed by atoms with van der Waals surface area (Å²) < 4.78 is 5.14. The first kappa shape index (κ1) is 12.0. The highest BCUT2D eigenvalue weighted by atomic mass is 16.5. The first-order chi connectivity index (χ1) is 7.54. The summed E-state index contributed by atoms with van der Waals surface area (Å²) in [6.07, 6.45) is -0.890. The zero-order chi connectivity index (χ0) is 12.1. The second-order valence-corrected chi connectivity index (χ2v) is 3.31. The number of aliphatic carboxylic acids is 1. The van der Waals surface area contributed by atoms with E-state index < -0.39 is 12.1 Å².